The lowest BCUT2D eigenvalue weighted by Crippen LogP contribution is -2.14. The number of unbranched alkanes of at least 4 members (excludes halogenated alkanes) is 2. The topological polar surface area (TPSA) is 35.2 Å². The normalized spacial score (nSPS) is 15.0. The summed E-state index contributed by atoms with van der Waals surface area (Å²) in [7, 11) is 0. The van der Waals surface area contributed by atoms with E-state index in [9.17, 15) is 0 Å². The van der Waals surface area contributed by atoms with E-state index in [4.69, 9.17) is 10.5 Å². The summed E-state index contributed by atoms with van der Waals surface area (Å²) in [5.74, 6) is 0.772. The second-order valence-electron chi connectivity index (χ2n) is 4.96. The Morgan fingerprint density at radius 1 is 1.06 bits per heavy atom. The van der Waals surface area contributed by atoms with Crippen LogP contribution in [0.1, 0.15) is 65.7 Å². The third-order valence-corrected chi connectivity index (χ3v) is 3.09. The molecule has 2 nitrogen and oxygen atoms in total. The molecular weight excluding hydrogens is 198 g/mol. The minimum Gasteiger partial charge on any atom is -0.381 e. The minimum atomic E-state index is 0.341. The van der Waals surface area contributed by atoms with Crippen LogP contribution in [0.2, 0.25) is 0 Å². The Labute approximate surface area is 102 Å². The van der Waals surface area contributed by atoms with E-state index in [2.05, 4.69) is 20.8 Å². The Kier molecular flexibility index (Phi) is 11.3. The average Bonchev–Trinajstić information content (AvgIpc) is 2.26. The van der Waals surface area contributed by atoms with Gasteiger partial charge in [-0.3, -0.25) is 0 Å². The SMILES string of the molecule is CCCCC(CC)COCCCCC(C)N. The molecule has 0 bridgehead atoms. The van der Waals surface area contributed by atoms with Gasteiger partial charge in [-0.25, -0.2) is 0 Å². The van der Waals surface area contributed by atoms with Crippen LogP contribution in [0.25, 0.3) is 0 Å². The van der Waals surface area contributed by atoms with Gasteiger partial charge in [-0.2, -0.15) is 0 Å². The van der Waals surface area contributed by atoms with Crippen molar-refractivity contribution in [3.8, 4) is 0 Å². The van der Waals surface area contributed by atoms with Gasteiger partial charge in [0.2, 0.25) is 0 Å². The van der Waals surface area contributed by atoms with Crippen molar-refractivity contribution in [2.45, 2.75) is 71.8 Å². The fraction of sp³-hybridized carbons (Fsp3) is 1.00. The molecule has 0 aliphatic carbocycles. The largest absolute Gasteiger partial charge is 0.381 e. The number of hydrogen-bond donors (Lipinski definition) is 1. The Hall–Kier alpha value is -0.0800. The van der Waals surface area contributed by atoms with Crippen molar-refractivity contribution in [1.29, 1.82) is 0 Å². The molecule has 2 unspecified atom stereocenters. The van der Waals surface area contributed by atoms with Gasteiger partial charge in [-0.05, 0) is 38.5 Å². The third kappa shape index (κ3) is 10.4. The second-order valence-corrected chi connectivity index (χ2v) is 4.96. The summed E-state index contributed by atoms with van der Waals surface area (Å²) < 4.78 is 5.72. The monoisotopic (exact) mass is 229 g/mol. The van der Waals surface area contributed by atoms with Crippen LogP contribution in [0.3, 0.4) is 0 Å². The zero-order chi connectivity index (χ0) is 12.2. The molecule has 2 atom stereocenters. The van der Waals surface area contributed by atoms with Crippen LogP contribution in [0.15, 0.2) is 0 Å². The highest BCUT2D eigenvalue weighted by Gasteiger charge is 2.05. The molecule has 0 aromatic carbocycles. The number of hydrogen-bond acceptors (Lipinski definition) is 2. The molecule has 0 aromatic rings. The molecule has 0 fully saturated rings. The van der Waals surface area contributed by atoms with Crippen molar-refractivity contribution < 1.29 is 4.74 Å². The van der Waals surface area contributed by atoms with Crippen LogP contribution in [0.4, 0.5) is 0 Å². The lowest BCUT2D eigenvalue weighted by atomic mass is 10.0. The van der Waals surface area contributed by atoms with Crippen molar-refractivity contribution in [3.05, 3.63) is 0 Å². The van der Waals surface area contributed by atoms with E-state index >= 15 is 0 Å². The van der Waals surface area contributed by atoms with Crippen molar-refractivity contribution in [2.24, 2.45) is 11.7 Å². The van der Waals surface area contributed by atoms with Gasteiger partial charge in [0.25, 0.3) is 0 Å². The lowest BCUT2D eigenvalue weighted by Gasteiger charge is -2.14. The highest BCUT2D eigenvalue weighted by molar-refractivity contribution is 4.56. The maximum absolute atomic E-state index is 5.72. The predicted molar refractivity (Wildman–Crippen MR) is 71.6 cm³/mol. The fourth-order valence-corrected chi connectivity index (χ4v) is 1.82. The van der Waals surface area contributed by atoms with Crippen LogP contribution < -0.4 is 5.73 Å². The quantitative estimate of drug-likeness (QED) is 0.548. The van der Waals surface area contributed by atoms with Crippen LogP contribution in [0, 0.1) is 5.92 Å². The van der Waals surface area contributed by atoms with Crippen molar-refractivity contribution in [3.63, 3.8) is 0 Å². The average molecular weight is 229 g/mol. The van der Waals surface area contributed by atoms with Crippen LogP contribution >= 0.6 is 0 Å². The Bertz CT molecular complexity index is 137. The molecule has 0 saturated carbocycles. The number of nitrogens with two attached hydrogens (primary N) is 1. The first kappa shape index (κ1) is 15.9. The van der Waals surface area contributed by atoms with Gasteiger partial charge in [0.1, 0.15) is 0 Å². The summed E-state index contributed by atoms with van der Waals surface area (Å²) in [5.41, 5.74) is 5.69. The molecule has 0 aromatic heterocycles. The Morgan fingerprint density at radius 2 is 1.81 bits per heavy atom. The van der Waals surface area contributed by atoms with E-state index in [1.54, 1.807) is 0 Å². The summed E-state index contributed by atoms with van der Waals surface area (Å²) in [4.78, 5) is 0. The van der Waals surface area contributed by atoms with Crippen molar-refractivity contribution in [1.82, 2.24) is 0 Å². The van der Waals surface area contributed by atoms with Gasteiger partial charge in [0.05, 0.1) is 0 Å². The van der Waals surface area contributed by atoms with E-state index in [1.165, 1.54) is 32.1 Å². The molecule has 0 aliphatic rings. The summed E-state index contributed by atoms with van der Waals surface area (Å²) in [6.45, 7) is 8.45. The van der Waals surface area contributed by atoms with Crippen LogP contribution in [0.5, 0.6) is 0 Å². The van der Waals surface area contributed by atoms with E-state index in [-0.39, 0.29) is 0 Å². The molecule has 0 amide bonds. The van der Waals surface area contributed by atoms with E-state index < -0.39 is 0 Å². The highest BCUT2D eigenvalue weighted by atomic mass is 16.5. The van der Waals surface area contributed by atoms with Gasteiger partial charge in [0, 0.05) is 19.3 Å². The fourth-order valence-electron chi connectivity index (χ4n) is 1.82. The minimum absolute atomic E-state index is 0.341. The summed E-state index contributed by atoms with van der Waals surface area (Å²) in [5, 5.41) is 0. The standard InChI is InChI=1S/C14H31NO/c1-4-6-10-14(5-2)12-16-11-8-7-9-13(3)15/h13-14H,4-12,15H2,1-3H3. The molecule has 2 heteroatoms. The summed E-state index contributed by atoms with van der Waals surface area (Å²) >= 11 is 0. The molecule has 0 radical (unpaired) electrons. The second kappa shape index (κ2) is 11.4. The zero-order valence-electron chi connectivity index (χ0n) is 11.5. The maximum atomic E-state index is 5.72. The maximum Gasteiger partial charge on any atom is 0.0494 e. The van der Waals surface area contributed by atoms with Gasteiger partial charge in [0.15, 0.2) is 0 Å². The Balaban J connectivity index is 3.27. The molecule has 2 N–H and O–H groups in total. The van der Waals surface area contributed by atoms with Gasteiger partial charge < -0.3 is 10.5 Å². The smallest absolute Gasteiger partial charge is 0.0494 e. The van der Waals surface area contributed by atoms with E-state index in [0.29, 0.717) is 6.04 Å². The van der Waals surface area contributed by atoms with Crippen molar-refractivity contribution >= 4 is 0 Å². The lowest BCUT2D eigenvalue weighted by molar-refractivity contribution is 0.0907. The van der Waals surface area contributed by atoms with E-state index in [0.717, 1.165) is 32.0 Å². The van der Waals surface area contributed by atoms with E-state index in [1.807, 2.05) is 0 Å². The molecule has 0 rings (SSSR count). The molecule has 0 heterocycles. The molecule has 16 heavy (non-hydrogen) atoms. The van der Waals surface area contributed by atoms with Gasteiger partial charge >= 0.3 is 0 Å². The number of ether oxygens (including phenoxy) is 1. The zero-order valence-corrected chi connectivity index (χ0v) is 11.5. The molecular formula is C14H31NO. The first-order chi connectivity index (χ1) is 7.70. The first-order valence-electron chi connectivity index (χ1n) is 7.04. The molecule has 98 valence electrons. The predicted octanol–water partition coefficient (Wildman–Crippen LogP) is 3.74. The van der Waals surface area contributed by atoms with Crippen LogP contribution in [-0.4, -0.2) is 19.3 Å². The summed E-state index contributed by atoms with van der Waals surface area (Å²) in [6, 6.07) is 0.341. The summed E-state index contributed by atoms with van der Waals surface area (Å²) in [6.07, 6.45) is 8.69. The molecule has 0 saturated heterocycles. The first-order valence-corrected chi connectivity index (χ1v) is 7.04. The van der Waals surface area contributed by atoms with Crippen molar-refractivity contribution in [2.75, 3.05) is 13.2 Å². The molecule has 0 spiro atoms. The number of rotatable bonds is 11. The van der Waals surface area contributed by atoms with Gasteiger partial charge in [-0.1, -0.05) is 33.1 Å². The Morgan fingerprint density at radius 3 is 2.38 bits per heavy atom. The van der Waals surface area contributed by atoms with Gasteiger partial charge in [-0.15, -0.1) is 0 Å². The highest BCUT2D eigenvalue weighted by Crippen LogP contribution is 2.13. The van der Waals surface area contributed by atoms with Crippen LogP contribution in [-0.2, 0) is 4.74 Å². The molecule has 0 aliphatic heterocycles. The third-order valence-electron chi connectivity index (χ3n) is 3.09.